The summed E-state index contributed by atoms with van der Waals surface area (Å²) in [6.07, 6.45) is 6.60. The number of nitrogens with zero attached hydrogens (tertiary/aromatic N) is 2. The number of nitrogens with two attached hydrogens (primary N) is 1. The van der Waals surface area contributed by atoms with Crippen LogP contribution in [0.4, 0.5) is 10.5 Å². The predicted molar refractivity (Wildman–Crippen MR) is 142 cm³/mol. The van der Waals surface area contributed by atoms with Gasteiger partial charge in [0, 0.05) is 24.4 Å². The average molecular weight is 495 g/mol. The lowest BCUT2D eigenvalue weighted by molar-refractivity contribution is 0.0275. The smallest absolute Gasteiger partial charge is 0.410 e. The molecule has 33 heavy (non-hydrogen) atoms. The third-order valence-electron chi connectivity index (χ3n) is 4.91. The molecule has 1 fully saturated rings. The van der Waals surface area contributed by atoms with Crippen LogP contribution in [0.15, 0.2) is 29.3 Å². The van der Waals surface area contributed by atoms with E-state index >= 15 is 0 Å². The Morgan fingerprint density at radius 3 is 2.61 bits per heavy atom. The maximum Gasteiger partial charge on any atom is 0.410 e. The summed E-state index contributed by atoms with van der Waals surface area (Å²) < 4.78 is 11.5. The third-order valence-corrected chi connectivity index (χ3v) is 5.99. The minimum Gasteiger partial charge on any atom is -0.489 e. The van der Waals surface area contributed by atoms with Crippen LogP contribution in [0.3, 0.4) is 0 Å². The molecule has 1 aromatic rings. The van der Waals surface area contributed by atoms with Crippen molar-refractivity contribution in [2.24, 2.45) is 10.7 Å². The minimum atomic E-state index is -0.499. The molecule has 1 aliphatic rings. The van der Waals surface area contributed by atoms with E-state index in [-0.39, 0.29) is 12.2 Å². The minimum absolute atomic E-state index is 0.0548. The highest BCUT2D eigenvalue weighted by Gasteiger charge is 2.30. The Kier molecular flexibility index (Phi) is 11.3. The molecule has 1 amide bonds. The lowest BCUT2D eigenvalue weighted by atomic mass is 10.2. The van der Waals surface area contributed by atoms with E-state index in [2.05, 4.69) is 17.2 Å². The van der Waals surface area contributed by atoms with Gasteiger partial charge in [0.1, 0.15) is 17.5 Å². The Bertz CT molecular complexity index is 794. The number of rotatable bonds is 9. The van der Waals surface area contributed by atoms with Gasteiger partial charge >= 0.3 is 6.09 Å². The van der Waals surface area contributed by atoms with Gasteiger partial charge in [-0.2, -0.15) is 4.99 Å². The molecule has 1 unspecified atom stereocenters. The maximum absolute atomic E-state index is 12.2. The number of hydrogen-bond acceptors (Lipinski definition) is 5. The molecular formula is C24H38N4O3S2. The first kappa shape index (κ1) is 27.2. The first-order chi connectivity index (χ1) is 15.7. The van der Waals surface area contributed by atoms with E-state index in [9.17, 15) is 4.79 Å². The molecule has 7 nitrogen and oxygen atoms in total. The van der Waals surface area contributed by atoms with Crippen LogP contribution in [-0.2, 0) is 4.74 Å². The van der Waals surface area contributed by atoms with Crippen LogP contribution in [-0.4, -0.2) is 51.8 Å². The number of likely N-dealkylation sites (tertiary alicyclic amines) is 1. The molecular weight excluding hydrogens is 456 g/mol. The Labute approximate surface area is 207 Å². The van der Waals surface area contributed by atoms with Crippen LogP contribution in [0, 0.1) is 0 Å². The zero-order valence-corrected chi connectivity index (χ0v) is 21.9. The highest BCUT2D eigenvalue weighted by Crippen LogP contribution is 2.22. The van der Waals surface area contributed by atoms with Crippen LogP contribution in [0.5, 0.6) is 5.75 Å². The fourth-order valence-electron chi connectivity index (χ4n) is 3.29. The van der Waals surface area contributed by atoms with E-state index in [0.29, 0.717) is 23.4 Å². The largest absolute Gasteiger partial charge is 0.489 e. The molecule has 184 valence electrons. The molecule has 0 aromatic heterocycles. The Hall–Kier alpha value is -2.00. The quantitative estimate of drug-likeness (QED) is 0.194. The van der Waals surface area contributed by atoms with Crippen molar-refractivity contribution in [3.8, 4) is 5.75 Å². The number of amidine groups is 1. The first-order valence-corrected chi connectivity index (χ1v) is 13.1. The van der Waals surface area contributed by atoms with Crippen molar-refractivity contribution in [3.63, 3.8) is 0 Å². The van der Waals surface area contributed by atoms with Gasteiger partial charge in [-0.1, -0.05) is 44.4 Å². The summed E-state index contributed by atoms with van der Waals surface area (Å²) >= 11 is 6.84. The van der Waals surface area contributed by atoms with Crippen molar-refractivity contribution < 1.29 is 14.3 Å². The van der Waals surface area contributed by atoms with E-state index < -0.39 is 5.60 Å². The van der Waals surface area contributed by atoms with Crippen LogP contribution in [0.1, 0.15) is 66.2 Å². The molecule has 1 aliphatic heterocycles. The second-order valence-electron chi connectivity index (χ2n) is 9.12. The van der Waals surface area contributed by atoms with Crippen molar-refractivity contribution >= 4 is 46.0 Å². The van der Waals surface area contributed by atoms with Crippen LogP contribution < -0.4 is 15.8 Å². The lowest BCUT2D eigenvalue weighted by Crippen LogP contribution is -2.36. The number of thiocarbonyl (C=S) groups is 1. The molecule has 1 saturated heterocycles. The van der Waals surface area contributed by atoms with E-state index in [1.807, 2.05) is 45.0 Å². The number of ether oxygens (including phenoxy) is 2. The zero-order valence-electron chi connectivity index (χ0n) is 20.3. The SMILES string of the molecule is CCCCCCCSC(N)=NC(=S)Nc1ccc(OC2CCN(C(=O)OC(C)(C)C)C2)cc1. The molecule has 0 spiro atoms. The predicted octanol–water partition coefficient (Wildman–Crippen LogP) is 5.79. The summed E-state index contributed by atoms with van der Waals surface area (Å²) in [6, 6.07) is 7.52. The van der Waals surface area contributed by atoms with E-state index in [1.165, 1.54) is 25.7 Å². The second kappa shape index (κ2) is 13.6. The summed E-state index contributed by atoms with van der Waals surface area (Å²) in [5, 5.41) is 3.90. The topological polar surface area (TPSA) is 89.2 Å². The second-order valence-corrected chi connectivity index (χ2v) is 10.6. The number of anilines is 1. The molecule has 0 bridgehead atoms. The lowest BCUT2D eigenvalue weighted by Gasteiger charge is -2.24. The van der Waals surface area contributed by atoms with Crippen LogP contribution in [0.25, 0.3) is 0 Å². The van der Waals surface area contributed by atoms with Crippen molar-refractivity contribution in [3.05, 3.63) is 24.3 Å². The Morgan fingerprint density at radius 2 is 1.94 bits per heavy atom. The highest BCUT2D eigenvalue weighted by atomic mass is 32.2. The Balaban J connectivity index is 1.73. The summed E-state index contributed by atoms with van der Waals surface area (Å²) in [5.41, 5.74) is 6.30. The highest BCUT2D eigenvalue weighted by molar-refractivity contribution is 8.13. The first-order valence-electron chi connectivity index (χ1n) is 11.7. The van der Waals surface area contributed by atoms with Crippen molar-refractivity contribution in [2.45, 2.75) is 77.9 Å². The Morgan fingerprint density at radius 1 is 1.24 bits per heavy atom. The molecule has 0 radical (unpaired) electrons. The third kappa shape index (κ3) is 11.1. The van der Waals surface area contributed by atoms with Gasteiger partial charge in [-0.25, -0.2) is 4.79 Å². The van der Waals surface area contributed by atoms with Gasteiger partial charge in [-0.15, -0.1) is 0 Å². The van der Waals surface area contributed by atoms with Gasteiger partial charge in [0.15, 0.2) is 10.3 Å². The number of hydrogen-bond donors (Lipinski definition) is 2. The van der Waals surface area contributed by atoms with Gasteiger partial charge in [-0.05, 0) is 63.7 Å². The molecule has 2 rings (SSSR count). The van der Waals surface area contributed by atoms with E-state index in [0.717, 1.165) is 30.0 Å². The van der Waals surface area contributed by atoms with Gasteiger partial charge in [0.05, 0.1) is 6.54 Å². The van der Waals surface area contributed by atoms with E-state index in [1.54, 1.807) is 16.7 Å². The number of nitrogens with one attached hydrogen (secondary N) is 1. The summed E-state index contributed by atoms with van der Waals surface area (Å²) in [4.78, 5) is 18.2. The van der Waals surface area contributed by atoms with Crippen molar-refractivity contribution in [2.75, 3.05) is 24.2 Å². The normalized spacial score (nSPS) is 16.5. The summed E-state index contributed by atoms with van der Waals surface area (Å²) in [5.74, 6) is 1.70. The van der Waals surface area contributed by atoms with E-state index in [4.69, 9.17) is 27.4 Å². The van der Waals surface area contributed by atoms with Gasteiger partial charge in [0.2, 0.25) is 0 Å². The molecule has 1 aromatic carbocycles. The number of aliphatic imine (C=N–C) groups is 1. The molecule has 9 heteroatoms. The molecule has 3 N–H and O–H groups in total. The zero-order chi connectivity index (χ0) is 24.3. The fraction of sp³-hybridized carbons (Fsp3) is 0.625. The van der Waals surface area contributed by atoms with Crippen LogP contribution >= 0.6 is 24.0 Å². The van der Waals surface area contributed by atoms with Gasteiger partial charge < -0.3 is 25.4 Å². The van der Waals surface area contributed by atoms with Crippen LogP contribution in [0.2, 0.25) is 0 Å². The number of unbranched alkanes of at least 4 members (excludes halogenated alkanes) is 4. The van der Waals surface area contributed by atoms with Gasteiger partial charge in [0.25, 0.3) is 0 Å². The number of benzene rings is 1. The fourth-order valence-corrected chi connectivity index (χ4v) is 4.28. The molecule has 0 aliphatic carbocycles. The average Bonchev–Trinajstić information content (AvgIpc) is 3.19. The monoisotopic (exact) mass is 494 g/mol. The van der Waals surface area contributed by atoms with Gasteiger partial charge in [-0.3, -0.25) is 0 Å². The van der Waals surface area contributed by atoms with Crippen molar-refractivity contribution in [1.29, 1.82) is 0 Å². The maximum atomic E-state index is 12.2. The molecule has 0 saturated carbocycles. The number of carbonyl (C=O) groups is 1. The summed E-state index contributed by atoms with van der Waals surface area (Å²) in [6.45, 7) is 8.96. The number of amides is 1. The number of thioether (sulfide) groups is 1. The number of carbonyl (C=O) groups excluding carboxylic acids is 1. The standard InChI is InChI=1S/C24H38N4O3S2/c1-5-6-7-8-9-16-33-21(25)27-22(32)26-18-10-12-19(13-11-18)30-20-14-15-28(17-20)23(29)31-24(2,3)4/h10-13,20H,5-9,14-17H2,1-4H3,(H3,25,26,27,32). The van der Waals surface area contributed by atoms with Crippen molar-refractivity contribution in [1.82, 2.24) is 4.90 Å². The molecule has 1 atom stereocenters. The molecule has 1 heterocycles. The summed E-state index contributed by atoms with van der Waals surface area (Å²) in [7, 11) is 0.